The van der Waals surface area contributed by atoms with Crippen LogP contribution in [0.3, 0.4) is 0 Å². The molecule has 0 aromatic heterocycles. The topological polar surface area (TPSA) is 73.9 Å². The standard InChI is InChI=1S/C22H29NO5/c1-22(2,3)28-21(25)23-14-19(26-15-17-10-6-4-7-11-17)20(24)27-16-18-12-8-5-9-13-18/h4-6,8-10,12-13,19H,7,11,14-16H2,1-3H3,(H,23,25). The van der Waals surface area contributed by atoms with Crippen LogP contribution in [0.5, 0.6) is 0 Å². The Labute approximate surface area is 166 Å². The second-order valence-electron chi connectivity index (χ2n) is 7.57. The normalized spacial score (nSPS) is 14.8. The molecule has 1 amide bonds. The zero-order chi connectivity index (χ0) is 20.4. The SMILES string of the molecule is CC(C)(C)OC(=O)NCC(OCC1=CC=CCC1)C(=O)OCc1ccccc1. The van der Waals surface area contributed by atoms with E-state index in [0.717, 1.165) is 24.0 Å². The summed E-state index contributed by atoms with van der Waals surface area (Å²) in [5.74, 6) is -0.521. The van der Waals surface area contributed by atoms with Gasteiger partial charge in [0.2, 0.25) is 0 Å². The maximum absolute atomic E-state index is 12.5. The Morgan fingerprint density at radius 2 is 1.89 bits per heavy atom. The van der Waals surface area contributed by atoms with Crippen molar-refractivity contribution in [2.45, 2.75) is 51.9 Å². The van der Waals surface area contributed by atoms with E-state index in [1.54, 1.807) is 20.8 Å². The zero-order valence-corrected chi connectivity index (χ0v) is 16.8. The van der Waals surface area contributed by atoms with Crippen LogP contribution in [0.2, 0.25) is 0 Å². The maximum atomic E-state index is 12.5. The number of allylic oxidation sites excluding steroid dienone is 3. The van der Waals surface area contributed by atoms with Crippen molar-refractivity contribution in [3.63, 3.8) is 0 Å². The summed E-state index contributed by atoms with van der Waals surface area (Å²) in [7, 11) is 0. The van der Waals surface area contributed by atoms with Crippen LogP contribution in [0.1, 0.15) is 39.2 Å². The monoisotopic (exact) mass is 387 g/mol. The first-order valence-corrected chi connectivity index (χ1v) is 9.47. The molecule has 0 spiro atoms. The number of esters is 1. The van der Waals surface area contributed by atoms with E-state index >= 15 is 0 Å². The quantitative estimate of drug-likeness (QED) is 0.685. The van der Waals surface area contributed by atoms with Gasteiger partial charge in [-0.2, -0.15) is 0 Å². The van der Waals surface area contributed by atoms with Crippen molar-refractivity contribution in [1.29, 1.82) is 0 Å². The Morgan fingerprint density at radius 1 is 1.14 bits per heavy atom. The van der Waals surface area contributed by atoms with Crippen LogP contribution >= 0.6 is 0 Å². The smallest absolute Gasteiger partial charge is 0.407 e. The summed E-state index contributed by atoms with van der Waals surface area (Å²) in [6.07, 6.45) is 6.37. The van der Waals surface area contributed by atoms with Crippen LogP contribution in [0.4, 0.5) is 4.79 Å². The minimum Gasteiger partial charge on any atom is -0.459 e. The molecule has 1 N–H and O–H groups in total. The lowest BCUT2D eigenvalue weighted by Crippen LogP contribution is -2.41. The van der Waals surface area contributed by atoms with Crippen LogP contribution in [-0.4, -0.2) is 36.9 Å². The third-order valence-corrected chi connectivity index (χ3v) is 3.89. The molecule has 1 atom stereocenters. The molecular formula is C22H29NO5. The summed E-state index contributed by atoms with van der Waals surface area (Å²) in [6.45, 7) is 5.77. The van der Waals surface area contributed by atoms with Gasteiger partial charge in [0.1, 0.15) is 12.2 Å². The van der Waals surface area contributed by atoms with Gasteiger partial charge < -0.3 is 19.5 Å². The molecule has 0 saturated heterocycles. The summed E-state index contributed by atoms with van der Waals surface area (Å²) in [4.78, 5) is 24.4. The molecule has 1 aliphatic rings. The molecule has 0 aliphatic heterocycles. The van der Waals surface area contributed by atoms with Crippen molar-refractivity contribution in [2.75, 3.05) is 13.2 Å². The number of alkyl carbamates (subject to hydrolysis) is 1. The first-order valence-electron chi connectivity index (χ1n) is 9.47. The molecule has 1 unspecified atom stereocenters. The molecule has 0 saturated carbocycles. The predicted molar refractivity (Wildman–Crippen MR) is 107 cm³/mol. The van der Waals surface area contributed by atoms with Crippen LogP contribution < -0.4 is 5.32 Å². The molecule has 6 heteroatoms. The van der Waals surface area contributed by atoms with Crippen LogP contribution in [0.25, 0.3) is 0 Å². The van der Waals surface area contributed by atoms with E-state index in [0.29, 0.717) is 6.61 Å². The largest absolute Gasteiger partial charge is 0.459 e. The van der Waals surface area contributed by atoms with Gasteiger partial charge in [-0.1, -0.05) is 48.6 Å². The molecule has 2 rings (SSSR count). The molecule has 0 radical (unpaired) electrons. The summed E-state index contributed by atoms with van der Waals surface area (Å²) in [5.41, 5.74) is 1.36. The molecule has 28 heavy (non-hydrogen) atoms. The second kappa shape index (κ2) is 10.7. The first kappa shape index (κ1) is 21.7. The van der Waals surface area contributed by atoms with Crippen molar-refractivity contribution in [1.82, 2.24) is 5.32 Å². The van der Waals surface area contributed by atoms with E-state index in [2.05, 4.69) is 11.4 Å². The van der Waals surface area contributed by atoms with Crippen molar-refractivity contribution in [3.05, 3.63) is 59.7 Å². The first-order chi connectivity index (χ1) is 13.3. The van der Waals surface area contributed by atoms with Gasteiger partial charge in [-0.05, 0) is 44.7 Å². The Morgan fingerprint density at radius 3 is 2.54 bits per heavy atom. The Kier molecular flexibility index (Phi) is 8.26. The number of amides is 1. The highest BCUT2D eigenvalue weighted by atomic mass is 16.6. The summed E-state index contributed by atoms with van der Waals surface area (Å²) >= 11 is 0. The van der Waals surface area contributed by atoms with Crippen molar-refractivity contribution >= 4 is 12.1 Å². The van der Waals surface area contributed by atoms with E-state index in [1.807, 2.05) is 42.5 Å². The highest BCUT2D eigenvalue weighted by molar-refractivity contribution is 5.76. The fourth-order valence-electron chi connectivity index (χ4n) is 2.50. The molecule has 0 heterocycles. The molecule has 6 nitrogen and oxygen atoms in total. The number of ether oxygens (including phenoxy) is 3. The third kappa shape index (κ3) is 8.39. The van der Waals surface area contributed by atoms with Crippen molar-refractivity contribution < 1.29 is 23.8 Å². The summed E-state index contributed by atoms with van der Waals surface area (Å²) < 4.78 is 16.4. The van der Waals surface area contributed by atoms with Gasteiger partial charge in [0.05, 0.1) is 13.2 Å². The van der Waals surface area contributed by atoms with Crippen molar-refractivity contribution in [3.8, 4) is 0 Å². The fourth-order valence-corrected chi connectivity index (χ4v) is 2.50. The molecule has 152 valence electrons. The summed E-state index contributed by atoms with van der Waals surface area (Å²) in [6, 6.07) is 9.41. The Bertz CT molecular complexity index is 703. The van der Waals surface area contributed by atoms with Crippen LogP contribution in [0, 0.1) is 0 Å². The average molecular weight is 387 g/mol. The number of carbonyl (C=O) groups excluding carboxylic acids is 2. The second-order valence-corrected chi connectivity index (χ2v) is 7.57. The number of rotatable bonds is 8. The lowest BCUT2D eigenvalue weighted by molar-refractivity contribution is -0.157. The Balaban J connectivity index is 1.91. The van der Waals surface area contributed by atoms with Crippen LogP contribution in [0.15, 0.2) is 54.1 Å². The fraction of sp³-hybridized carbons (Fsp3) is 0.455. The highest BCUT2D eigenvalue weighted by Gasteiger charge is 2.24. The van der Waals surface area contributed by atoms with Gasteiger partial charge in [0.25, 0.3) is 0 Å². The molecule has 0 fully saturated rings. The predicted octanol–water partition coefficient (Wildman–Crippen LogP) is 3.92. The lowest BCUT2D eigenvalue weighted by atomic mass is 10.1. The van der Waals surface area contributed by atoms with E-state index in [9.17, 15) is 9.59 Å². The van der Waals surface area contributed by atoms with E-state index < -0.39 is 23.8 Å². The minimum absolute atomic E-state index is 0.0222. The molecule has 1 aromatic rings. The van der Waals surface area contributed by atoms with Gasteiger partial charge in [-0.25, -0.2) is 9.59 Å². The molecule has 0 bridgehead atoms. The highest BCUT2D eigenvalue weighted by Crippen LogP contribution is 2.13. The number of nitrogens with one attached hydrogen (secondary N) is 1. The van der Waals surface area contributed by atoms with Gasteiger partial charge in [-0.15, -0.1) is 0 Å². The molecule has 1 aliphatic carbocycles. The van der Waals surface area contributed by atoms with Gasteiger partial charge in [0, 0.05) is 0 Å². The van der Waals surface area contributed by atoms with E-state index in [4.69, 9.17) is 14.2 Å². The molecule has 1 aromatic carbocycles. The van der Waals surface area contributed by atoms with Crippen LogP contribution in [-0.2, 0) is 25.6 Å². The number of carbonyl (C=O) groups is 2. The zero-order valence-electron chi connectivity index (χ0n) is 16.8. The summed E-state index contributed by atoms with van der Waals surface area (Å²) in [5, 5.41) is 2.59. The number of benzene rings is 1. The molecular weight excluding hydrogens is 358 g/mol. The number of hydrogen-bond donors (Lipinski definition) is 1. The van der Waals surface area contributed by atoms with Gasteiger partial charge in [-0.3, -0.25) is 0 Å². The van der Waals surface area contributed by atoms with Gasteiger partial charge in [0.15, 0.2) is 6.10 Å². The lowest BCUT2D eigenvalue weighted by Gasteiger charge is -2.22. The Hall–Kier alpha value is -2.60. The average Bonchev–Trinajstić information content (AvgIpc) is 2.66. The van der Waals surface area contributed by atoms with E-state index in [1.165, 1.54) is 0 Å². The maximum Gasteiger partial charge on any atom is 0.407 e. The number of hydrogen-bond acceptors (Lipinski definition) is 5. The minimum atomic E-state index is -0.914. The van der Waals surface area contributed by atoms with Gasteiger partial charge >= 0.3 is 12.1 Å². The third-order valence-electron chi connectivity index (χ3n) is 3.89. The van der Waals surface area contributed by atoms with E-state index in [-0.39, 0.29) is 13.2 Å². The van der Waals surface area contributed by atoms with Crippen molar-refractivity contribution in [2.24, 2.45) is 0 Å².